The van der Waals surface area contributed by atoms with Crippen LogP contribution in [0.3, 0.4) is 0 Å². The van der Waals surface area contributed by atoms with Crippen molar-refractivity contribution in [3.8, 4) is 28.4 Å². The standard InChI is InChI=1S/C16H18O.C15H16.C14H14O.C12H24.C10H14.3C9H12.C6H14.C5H12.C4H10.C3H8.11CH4/c1-11-5-7-14(9-13(11)3)15-8-6-12(2)16(10-15)17-4;1-12-3-7-14(8-4-12)11-15-9-5-13(2)6-10-15;1-11-3-7-13(8-4-11)15-14-9-5-12(2)6-10-14;1-6-12(5)8-10(2)7-11(3,4)9-12;1-3-9-5-7-10(4-2)8-6-9;2*1-7-4-5-8(2)9(3)6-7;1-3-9-6-4-8(2)5-7-9;1-3-5-6-4-2;1-3-5-4-2;1-3-4-2;1-3-2;;;;;;;;;;;/h5-10H,1-4H3;3-10H,11H2,1-2H3;3-10H,1-2H3;10H,6-9H2,1-5H3;5-8H,3-4H2,1-2H3;2*4-6H,1-3H3;4-7H,3H2,1-2H3;3-6H2,1-2H3;3-5H2,1-2H3;3-4H2,1-2H3;3H2,1-2H3;11*1H4. The molecule has 714 valence electrons. The van der Waals surface area contributed by atoms with Crippen LogP contribution in [0.5, 0.6) is 17.2 Å². The van der Waals surface area contributed by atoms with Crippen molar-refractivity contribution in [2.24, 2.45) is 16.7 Å². The molecule has 10 aromatic rings. The van der Waals surface area contributed by atoms with Gasteiger partial charge in [-0.05, 0) is 267 Å². The topological polar surface area (TPSA) is 18.5 Å². The summed E-state index contributed by atoms with van der Waals surface area (Å²) in [5.74, 6) is 3.63. The second-order valence-corrected chi connectivity index (χ2v) is 33.2. The Balaban J connectivity index is -0.000000113. The van der Waals surface area contributed by atoms with Crippen LogP contribution in [-0.2, 0) is 25.7 Å². The van der Waals surface area contributed by atoms with Crippen LogP contribution in [0.4, 0.5) is 0 Å². The van der Waals surface area contributed by atoms with Gasteiger partial charge < -0.3 is 9.47 Å². The number of aryl methyl sites for hydroxylation is 17. The molecule has 1 saturated carbocycles. The monoisotopic (exact) mass is 1720 g/mol. The van der Waals surface area contributed by atoms with Crippen LogP contribution in [0.2, 0.25) is 0 Å². The van der Waals surface area contributed by atoms with Gasteiger partial charge in [-0.25, -0.2) is 0 Å². The maximum absolute atomic E-state index is 5.69. The quantitative estimate of drug-likeness (QED) is 0.0898. The van der Waals surface area contributed by atoms with Gasteiger partial charge in [0.1, 0.15) is 17.2 Å². The molecule has 1 aliphatic carbocycles. The van der Waals surface area contributed by atoms with E-state index in [1.807, 2.05) is 48.5 Å². The molecule has 2 unspecified atom stereocenters. The molecule has 0 bridgehead atoms. The van der Waals surface area contributed by atoms with Crippen LogP contribution < -0.4 is 9.47 Å². The first-order chi connectivity index (χ1) is 54.2. The van der Waals surface area contributed by atoms with Crippen molar-refractivity contribution in [3.05, 3.63) is 324 Å². The molecule has 0 amide bonds. The van der Waals surface area contributed by atoms with E-state index >= 15 is 0 Å². The highest BCUT2D eigenvalue weighted by molar-refractivity contribution is 5.67. The number of hydrogen-bond acceptors (Lipinski definition) is 2. The van der Waals surface area contributed by atoms with Gasteiger partial charge in [0.05, 0.1) is 7.11 Å². The number of ether oxygens (including phenoxy) is 2. The molecule has 10 aromatic carbocycles. The lowest BCUT2D eigenvalue weighted by atomic mass is 9.60. The minimum Gasteiger partial charge on any atom is -0.496 e. The second-order valence-electron chi connectivity index (χ2n) is 33.2. The Labute approximate surface area is 785 Å². The summed E-state index contributed by atoms with van der Waals surface area (Å²) in [7, 11) is 1.71. The maximum Gasteiger partial charge on any atom is 0.127 e. The fourth-order valence-electron chi connectivity index (χ4n) is 12.8. The zero-order valence-corrected chi connectivity index (χ0v) is 78.9. The van der Waals surface area contributed by atoms with Gasteiger partial charge in [-0.3, -0.25) is 0 Å². The Hall–Kier alpha value is -8.20. The molecule has 2 atom stereocenters. The predicted molar refractivity (Wildman–Crippen MR) is 588 cm³/mol. The average Bonchev–Trinajstić information content (AvgIpc) is 0.806. The Morgan fingerprint density at radius 3 is 0.792 bits per heavy atom. The fraction of sp³-hybridized carbons (Fsp3) is 0.512. The molecular formula is C123H210O2. The number of rotatable bonds is 16. The molecule has 0 aliphatic heterocycles. The first-order valence-electron chi connectivity index (χ1n) is 44.1. The van der Waals surface area contributed by atoms with E-state index in [0.717, 1.165) is 48.8 Å². The van der Waals surface area contributed by atoms with E-state index in [4.69, 9.17) is 9.47 Å². The van der Waals surface area contributed by atoms with Crippen LogP contribution in [0.1, 0.15) is 388 Å². The molecule has 11 rings (SSSR count). The summed E-state index contributed by atoms with van der Waals surface area (Å²) < 4.78 is 11.0. The van der Waals surface area contributed by atoms with Crippen LogP contribution in [0, 0.1) is 114 Å². The van der Waals surface area contributed by atoms with Gasteiger partial charge in [-0.15, -0.1) is 0 Å². The molecule has 0 heterocycles. The summed E-state index contributed by atoms with van der Waals surface area (Å²) in [6, 6.07) is 77.0. The third-order valence-corrected chi connectivity index (χ3v) is 20.5. The number of unbranched alkanes of at least 4 members (excludes halogenated alkanes) is 6. The van der Waals surface area contributed by atoms with Crippen molar-refractivity contribution >= 4 is 0 Å². The highest BCUT2D eigenvalue weighted by atomic mass is 16.5. The zero-order valence-electron chi connectivity index (χ0n) is 78.9. The average molecular weight is 1720 g/mol. The molecule has 1 aliphatic rings. The Kier molecular flexibility index (Phi) is 95.8. The molecule has 0 saturated heterocycles. The van der Waals surface area contributed by atoms with Crippen LogP contribution in [-0.4, -0.2) is 7.11 Å². The van der Waals surface area contributed by atoms with E-state index < -0.39 is 0 Å². The van der Waals surface area contributed by atoms with Crippen molar-refractivity contribution < 1.29 is 9.47 Å². The third kappa shape index (κ3) is 67.7. The Morgan fingerprint density at radius 2 is 0.544 bits per heavy atom. The number of hydrogen-bond donors (Lipinski definition) is 0. The number of benzene rings is 10. The molecule has 125 heavy (non-hydrogen) atoms. The minimum absolute atomic E-state index is 0. The van der Waals surface area contributed by atoms with E-state index in [1.54, 1.807) is 7.11 Å². The SMILES string of the molecule is C.C.C.C.C.C.C.C.C.C.C.CCC.CCC1(C)CC(C)CC(C)(C)C1.CCCC.CCCCC.CCCCCC.CCc1ccc(C)cc1.CCc1ccc(CC)cc1.COc1cc(-c2ccc(C)c(C)c2)ccc1C.Cc1ccc(C)c(C)c1.Cc1ccc(C)c(C)c1.Cc1ccc(Cc2ccc(C)cc2)cc1.Cc1ccc(Oc2ccc(C)cc2)cc1. The van der Waals surface area contributed by atoms with Gasteiger partial charge in [0, 0.05) is 0 Å². The minimum atomic E-state index is 0. The van der Waals surface area contributed by atoms with E-state index in [9.17, 15) is 0 Å². The van der Waals surface area contributed by atoms with Gasteiger partial charge in [-0.2, -0.15) is 0 Å². The fourth-order valence-corrected chi connectivity index (χ4v) is 12.8. The molecule has 0 aromatic heterocycles. The highest BCUT2D eigenvalue weighted by Gasteiger charge is 2.38. The molecular weight excluding hydrogens is 1510 g/mol. The normalized spacial score (nSPS) is 11.8. The molecule has 0 radical (unpaired) electrons. The lowest BCUT2D eigenvalue weighted by Gasteiger charge is -2.45. The summed E-state index contributed by atoms with van der Waals surface area (Å²) in [5.41, 5.74) is 29.2. The van der Waals surface area contributed by atoms with Crippen LogP contribution >= 0.6 is 0 Å². The molecule has 2 heteroatoms. The van der Waals surface area contributed by atoms with Crippen molar-refractivity contribution in [2.75, 3.05) is 7.11 Å². The summed E-state index contributed by atoms with van der Waals surface area (Å²) in [4.78, 5) is 0. The van der Waals surface area contributed by atoms with Gasteiger partial charge in [0.25, 0.3) is 0 Å². The zero-order chi connectivity index (χ0) is 86.0. The van der Waals surface area contributed by atoms with Gasteiger partial charge in [0.2, 0.25) is 0 Å². The van der Waals surface area contributed by atoms with Crippen molar-refractivity contribution in [1.82, 2.24) is 0 Å². The van der Waals surface area contributed by atoms with E-state index in [0.29, 0.717) is 10.8 Å². The molecule has 2 nitrogen and oxygen atoms in total. The second kappa shape index (κ2) is 84.0. The molecule has 0 spiro atoms. The smallest absolute Gasteiger partial charge is 0.127 e. The van der Waals surface area contributed by atoms with Crippen LogP contribution in [0.15, 0.2) is 218 Å². The van der Waals surface area contributed by atoms with Crippen LogP contribution in [0.25, 0.3) is 11.1 Å². The third-order valence-electron chi connectivity index (χ3n) is 20.5. The van der Waals surface area contributed by atoms with Gasteiger partial charge in [-0.1, -0.05) is 490 Å². The van der Waals surface area contributed by atoms with Gasteiger partial charge in [0.15, 0.2) is 0 Å². The van der Waals surface area contributed by atoms with E-state index in [-0.39, 0.29) is 81.7 Å². The molecule has 1 fully saturated rings. The highest BCUT2D eigenvalue weighted by Crippen LogP contribution is 2.50. The summed E-state index contributed by atoms with van der Waals surface area (Å²) in [6.45, 7) is 65.7. The largest absolute Gasteiger partial charge is 0.496 e. The van der Waals surface area contributed by atoms with Crippen molar-refractivity contribution in [1.29, 1.82) is 0 Å². The Morgan fingerprint density at radius 1 is 0.280 bits per heavy atom. The first-order valence-corrected chi connectivity index (χ1v) is 44.1. The summed E-state index contributed by atoms with van der Waals surface area (Å²) in [6.07, 6.45) is 23.6. The summed E-state index contributed by atoms with van der Waals surface area (Å²) in [5, 5.41) is 0. The predicted octanol–water partition coefficient (Wildman–Crippen LogP) is 42.1. The maximum atomic E-state index is 5.69. The van der Waals surface area contributed by atoms with E-state index in [2.05, 4.69) is 378 Å². The first kappa shape index (κ1) is 143. The lowest BCUT2D eigenvalue weighted by molar-refractivity contribution is 0.0581. The lowest BCUT2D eigenvalue weighted by Crippen LogP contribution is -2.34. The Bertz CT molecular complexity index is 3740. The van der Waals surface area contributed by atoms with Crippen molar-refractivity contribution in [3.63, 3.8) is 0 Å². The number of methoxy groups -OCH3 is 1. The van der Waals surface area contributed by atoms with E-state index in [1.165, 1.54) is 207 Å². The molecule has 0 N–H and O–H groups in total. The summed E-state index contributed by atoms with van der Waals surface area (Å²) >= 11 is 0. The van der Waals surface area contributed by atoms with Gasteiger partial charge >= 0.3 is 0 Å². The van der Waals surface area contributed by atoms with Crippen molar-refractivity contribution in [2.45, 2.75) is 405 Å².